The monoisotopic (exact) mass is 298 g/mol. The molecule has 0 saturated carbocycles. The van der Waals surface area contributed by atoms with Crippen molar-refractivity contribution in [2.75, 3.05) is 0 Å². The molecular formula is C13H12ClFN2O3. The summed E-state index contributed by atoms with van der Waals surface area (Å²) in [5.41, 5.74) is 1.14. The Morgan fingerprint density at radius 2 is 2.25 bits per heavy atom. The molecule has 1 heterocycles. The molecule has 0 aliphatic heterocycles. The summed E-state index contributed by atoms with van der Waals surface area (Å²) in [6.45, 7) is 1.80. The maximum absolute atomic E-state index is 13.7. The van der Waals surface area contributed by atoms with E-state index in [2.05, 4.69) is 5.10 Å². The molecule has 1 aromatic heterocycles. The molecule has 2 rings (SSSR count). The number of nitrogens with zero attached hydrogens (tertiary/aromatic N) is 2. The van der Waals surface area contributed by atoms with Crippen LogP contribution in [-0.4, -0.2) is 20.9 Å². The molecule has 0 radical (unpaired) electrons. The number of hydrogen-bond donors (Lipinski definition) is 1. The van der Waals surface area contributed by atoms with Gasteiger partial charge in [0, 0.05) is 7.05 Å². The van der Waals surface area contributed by atoms with Gasteiger partial charge >= 0.3 is 5.97 Å². The highest BCUT2D eigenvalue weighted by Crippen LogP contribution is 2.23. The molecule has 2 aromatic rings. The Balaban J connectivity index is 2.17. The first-order valence-electron chi connectivity index (χ1n) is 5.73. The number of carboxylic acids is 1. The standard InChI is InChI=1S/C13H12ClFN2O3/c1-7-12(14)10(17(2)16-7)6-20-11-4-3-8(13(18)19)5-9(11)15/h3-5H,6H2,1-2H3,(H,18,19). The average Bonchev–Trinajstić information content (AvgIpc) is 2.62. The molecule has 1 N–H and O–H groups in total. The molecular weight excluding hydrogens is 287 g/mol. The van der Waals surface area contributed by atoms with Gasteiger partial charge < -0.3 is 9.84 Å². The maximum atomic E-state index is 13.7. The molecule has 0 aliphatic carbocycles. The Labute approximate surface area is 119 Å². The quantitative estimate of drug-likeness (QED) is 0.942. The molecule has 0 amide bonds. The number of aromatic carboxylic acids is 1. The highest BCUT2D eigenvalue weighted by atomic mass is 35.5. The number of rotatable bonds is 4. The summed E-state index contributed by atoms with van der Waals surface area (Å²) in [5.74, 6) is -1.97. The van der Waals surface area contributed by atoms with E-state index in [4.69, 9.17) is 21.4 Å². The molecule has 0 spiro atoms. The van der Waals surface area contributed by atoms with Crippen molar-refractivity contribution in [2.45, 2.75) is 13.5 Å². The van der Waals surface area contributed by atoms with E-state index >= 15 is 0 Å². The number of hydrogen-bond acceptors (Lipinski definition) is 3. The number of halogens is 2. The van der Waals surface area contributed by atoms with Crippen molar-refractivity contribution in [3.8, 4) is 5.75 Å². The smallest absolute Gasteiger partial charge is 0.335 e. The Bertz CT molecular complexity index is 670. The Morgan fingerprint density at radius 1 is 1.55 bits per heavy atom. The van der Waals surface area contributed by atoms with Gasteiger partial charge in [0.15, 0.2) is 11.6 Å². The van der Waals surface area contributed by atoms with Gasteiger partial charge in [0.25, 0.3) is 0 Å². The normalized spacial score (nSPS) is 10.6. The van der Waals surface area contributed by atoms with Crippen LogP contribution in [0.3, 0.4) is 0 Å². The molecule has 7 heteroatoms. The van der Waals surface area contributed by atoms with Gasteiger partial charge in [-0.3, -0.25) is 4.68 Å². The summed E-state index contributed by atoms with van der Waals surface area (Å²) in [7, 11) is 1.71. The molecule has 0 bridgehead atoms. The van der Waals surface area contributed by atoms with Crippen LogP contribution in [0.4, 0.5) is 4.39 Å². The highest BCUT2D eigenvalue weighted by Gasteiger charge is 2.14. The third-order valence-corrected chi connectivity index (χ3v) is 3.30. The first-order valence-corrected chi connectivity index (χ1v) is 6.11. The number of aryl methyl sites for hydroxylation is 2. The molecule has 0 atom stereocenters. The summed E-state index contributed by atoms with van der Waals surface area (Å²) in [6, 6.07) is 3.46. The zero-order valence-corrected chi connectivity index (χ0v) is 11.6. The van der Waals surface area contributed by atoms with Crippen molar-refractivity contribution in [1.29, 1.82) is 0 Å². The van der Waals surface area contributed by atoms with Gasteiger partial charge in [0.2, 0.25) is 0 Å². The van der Waals surface area contributed by atoms with Crippen LogP contribution in [0.5, 0.6) is 5.75 Å². The molecule has 1 aromatic carbocycles. The SMILES string of the molecule is Cc1nn(C)c(COc2ccc(C(=O)O)cc2F)c1Cl. The fraction of sp³-hybridized carbons (Fsp3) is 0.231. The van der Waals surface area contributed by atoms with E-state index in [0.29, 0.717) is 16.4 Å². The highest BCUT2D eigenvalue weighted by molar-refractivity contribution is 6.31. The molecule has 5 nitrogen and oxygen atoms in total. The largest absolute Gasteiger partial charge is 0.484 e. The van der Waals surface area contributed by atoms with Crippen LogP contribution in [-0.2, 0) is 13.7 Å². The number of aromatic nitrogens is 2. The Hall–Kier alpha value is -2.08. The van der Waals surface area contributed by atoms with Gasteiger partial charge in [-0.25, -0.2) is 9.18 Å². The zero-order chi connectivity index (χ0) is 14.9. The molecule has 106 valence electrons. The third-order valence-electron chi connectivity index (χ3n) is 2.80. The van der Waals surface area contributed by atoms with E-state index in [1.54, 1.807) is 18.7 Å². The van der Waals surface area contributed by atoms with Gasteiger partial charge in [-0.2, -0.15) is 5.10 Å². The van der Waals surface area contributed by atoms with Gasteiger partial charge in [0.1, 0.15) is 6.61 Å². The number of carboxylic acid groups (broad SMARTS) is 1. The Morgan fingerprint density at radius 3 is 2.75 bits per heavy atom. The minimum Gasteiger partial charge on any atom is -0.484 e. The van der Waals surface area contributed by atoms with E-state index in [1.165, 1.54) is 12.1 Å². The molecule has 0 unspecified atom stereocenters. The van der Waals surface area contributed by atoms with Gasteiger partial charge in [-0.1, -0.05) is 11.6 Å². The van der Waals surface area contributed by atoms with Crippen LogP contribution in [0.2, 0.25) is 5.02 Å². The summed E-state index contributed by atoms with van der Waals surface area (Å²) in [5, 5.41) is 13.3. The van der Waals surface area contributed by atoms with Gasteiger partial charge in [0.05, 0.1) is 22.0 Å². The lowest BCUT2D eigenvalue weighted by atomic mass is 10.2. The van der Waals surface area contributed by atoms with Crippen LogP contribution in [0, 0.1) is 12.7 Å². The Kier molecular flexibility index (Phi) is 3.94. The van der Waals surface area contributed by atoms with Crippen molar-refractivity contribution in [2.24, 2.45) is 7.05 Å². The lowest BCUT2D eigenvalue weighted by Crippen LogP contribution is -2.05. The van der Waals surface area contributed by atoms with Crippen LogP contribution in [0.15, 0.2) is 18.2 Å². The topological polar surface area (TPSA) is 64.4 Å². The van der Waals surface area contributed by atoms with Gasteiger partial charge in [-0.05, 0) is 25.1 Å². The van der Waals surface area contributed by atoms with Gasteiger partial charge in [-0.15, -0.1) is 0 Å². The first-order chi connectivity index (χ1) is 9.40. The predicted octanol–water partition coefficient (Wildman–Crippen LogP) is 2.80. The zero-order valence-electron chi connectivity index (χ0n) is 10.9. The minimum atomic E-state index is -1.19. The maximum Gasteiger partial charge on any atom is 0.335 e. The fourth-order valence-corrected chi connectivity index (χ4v) is 1.95. The second-order valence-electron chi connectivity index (χ2n) is 4.21. The molecule has 0 saturated heterocycles. The van der Waals surface area contributed by atoms with Crippen LogP contribution in [0.1, 0.15) is 21.7 Å². The summed E-state index contributed by atoms with van der Waals surface area (Å²) in [6.07, 6.45) is 0. The second-order valence-corrected chi connectivity index (χ2v) is 4.59. The van der Waals surface area contributed by atoms with Crippen LogP contribution >= 0.6 is 11.6 Å². The number of carbonyl (C=O) groups is 1. The second kappa shape index (κ2) is 5.50. The van der Waals surface area contributed by atoms with Crippen molar-refractivity contribution >= 4 is 17.6 Å². The van der Waals surface area contributed by atoms with Crippen molar-refractivity contribution in [3.63, 3.8) is 0 Å². The minimum absolute atomic E-state index is 0.0371. The van der Waals surface area contributed by atoms with E-state index in [1.807, 2.05) is 0 Å². The van der Waals surface area contributed by atoms with E-state index < -0.39 is 11.8 Å². The van der Waals surface area contributed by atoms with Crippen LogP contribution in [0.25, 0.3) is 0 Å². The number of ether oxygens (including phenoxy) is 1. The fourth-order valence-electron chi connectivity index (χ4n) is 1.73. The van der Waals surface area contributed by atoms with E-state index in [9.17, 15) is 9.18 Å². The lowest BCUT2D eigenvalue weighted by molar-refractivity contribution is 0.0696. The van der Waals surface area contributed by atoms with E-state index in [-0.39, 0.29) is 17.9 Å². The first kappa shape index (κ1) is 14.3. The van der Waals surface area contributed by atoms with Crippen molar-refractivity contribution < 1.29 is 19.0 Å². The molecule has 0 aliphatic rings. The third kappa shape index (κ3) is 2.75. The summed E-state index contributed by atoms with van der Waals surface area (Å²) >= 11 is 6.05. The summed E-state index contributed by atoms with van der Waals surface area (Å²) < 4.78 is 20.6. The van der Waals surface area contributed by atoms with E-state index in [0.717, 1.165) is 6.07 Å². The van der Waals surface area contributed by atoms with Crippen molar-refractivity contribution in [1.82, 2.24) is 9.78 Å². The summed E-state index contributed by atoms with van der Waals surface area (Å²) in [4.78, 5) is 10.7. The lowest BCUT2D eigenvalue weighted by Gasteiger charge is -2.08. The van der Waals surface area contributed by atoms with Crippen LogP contribution < -0.4 is 4.74 Å². The number of benzene rings is 1. The van der Waals surface area contributed by atoms with Crippen molar-refractivity contribution in [3.05, 3.63) is 46.0 Å². The average molecular weight is 299 g/mol. The predicted molar refractivity (Wildman–Crippen MR) is 70.6 cm³/mol. The molecule has 0 fully saturated rings. The molecule has 20 heavy (non-hydrogen) atoms.